The Kier molecular flexibility index (Phi) is 6.09. The topological polar surface area (TPSA) is 140 Å². The molecule has 44 heavy (non-hydrogen) atoms. The number of ether oxygens (including phenoxy) is 3. The van der Waals surface area contributed by atoms with Gasteiger partial charge in [-0.25, -0.2) is 9.59 Å². The number of aliphatic hydroxyl groups is 3. The van der Waals surface area contributed by atoms with Crippen molar-refractivity contribution in [3.63, 3.8) is 0 Å². The van der Waals surface area contributed by atoms with Gasteiger partial charge >= 0.3 is 17.9 Å². The van der Waals surface area contributed by atoms with E-state index in [4.69, 9.17) is 14.2 Å². The Labute approximate surface area is 258 Å². The summed E-state index contributed by atoms with van der Waals surface area (Å²) in [6.07, 6.45) is 5.09. The molecule has 9 nitrogen and oxygen atoms in total. The van der Waals surface area contributed by atoms with Crippen molar-refractivity contribution in [3.05, 3.63) is 47.6 Å². The minimum atomic E-state index is -1.49. The molecule has 238 valence electrons. The molecule has 0 aromatic rings. The van der Waals surface area contributed by atoms with E-state index >= 15 is 0 Å². The number of aliphatic hydroxyl groups excluding tert-OH is 1. The van der Waals surface area contributed by atoms with Gasteiger partial charge in [0.15, 0.2) is 0 Å². The van der Waals surface area contributed by atoms with Crippen molar-refractivity contribution in [3.8, 4) is 0 Å². The fourth-order valence-electron chi connectivity index (χ4n) is 11.2. The minimum Gasteiger partial charge on any atom is -0.461 e. The monoisotopic (exact) mass is 608 g/mol. The molecule has 0 aromatic heterocycles. The number of carbonyl (C=O) groups is 3. The lowest BCUT2D eigenvalue weighted by Crippen LogP contribution is -2.54. The van der Waals surface area contributed by atoms with E-state index < -0.39 is 87.5 Å². The number of allylic oxidation sites excluding steroid dienone is 3. The van der Waals surface area contributed by atoms with Crippen LogP contribution in [0, 0.1) is 45.8 Å². The van der Waals surface area contributed by atoms with Crippen LogP contribution in [0.2, 0.25) is 0 Å². The fraction of sp³-hybridized carbons (Fsp3) is 0.686. The highest BCUT2D eigenvalue weighted by atomic mass is 16.6. The molecule has 9 heteroatoms. The van der Waals surface area contributed by atoms with Crippen molar-refractivity contribution in [2.45, 2.75) is 103 Å². The van der Waals surface area contributed by atoms with Crippen molar-refractivity contribution < 1.29 is 43.9 Å². The predicted molar refractivity (Wildman–Crippen MR) is 157 cm³/mol. The van der Waals surface area contributed by atoms with E-state index in [9.17, 15) is 29.7 Å². The standard InChI is InChI=1S/C35H44O9/c1-8-16(2)28(37)42-21-14-32(6,40)19-10-9-17(3)22(19)25-24(21)35(30(39)44-25)15-34-12-11-31(35,5)27(34)26-23(18(4)29(38)43-26)20(36)13-33(34,7)41/h8-9,11-12,19-27,36,40-41H,4,10,13-15H2,1-3,5-7H3/b16-8-/t19-,20+,21+,22+,23-,24-,25-,26+,27+,31-,32-,33-,34+,35+/m1/s1. The lowest BCUT2D eigenvalue weighted by molar-refractivity contribution is -0.164. The Hall–Kier alpha value is -2.75. The Morgan fingerprint density at radius 2 is 1.80 bits per heavy atom. The Morgan fingerprint density at radius 1 is 1.09 bits per heavy atom. The van der Waals surface area contributed by atoms with Crippen LogP contribution in [0.5, 0.6) is 0 Å². The maximum atomic E-state index is 14.7. The predicted octanol–water partition coefficient (Wildman–Crippen LogP) is 3.33. The summed E-state index contributed by atoms with van der Waals surface area (Å²) in [7, 11) is 0. The van der Waals surface area contributed by atoms with Gasteiger partial charge in [-0.15, -0.1) is 0 Å². The molecule has 7 aliphatic rings. The summed E-state index contributed by atoms with van der Waals surface area (Å²) in [4.78, 5) is 41.0. The van der Waals surface area contributed by atoms with Crippen molar-refractivity contribution in [2.24, 2.45) is 45.8 Å². The van der Waals surface area contributed by atoms with Gasteiger partial charge in [0.2, 0.25) is 0 Å². The quantitative estimate of drug-likeness (QED) is 0.186. The van der Waals surface area contributed by atoms with Crippen LogP contribution < -0.4 is 0 Å². The summed E-state index contributed by atoms with van der Waals surface area (Å²) in [6, 6.07) is 0. The number of rotatable bonds is 2. The molecule has 5 aliphatic carbocycles. The molecule has 0 radical (unpaired) electrons. The second kappa shape index (κ2) is 8.95. The third kappa shape index (κ3) is 3.33. The van der Waals surface area contributed by atoms with Gasteiger partial charge in [-0.3, -0.25) is 4.79 Å². The van der Waals surface area contributed by atoms with E-state index in [-0.39, 0.29) is 36.7 Å². The van der Waals surface area contributed by atoms with Gasteiger partial charge in [0.25, 0.3) is 0 Å². The van der Waals surface area contributed by atoms with Gasteiger partial charge in [0, 0.05) is 52.6 Å². The first kappa shape index (κ1) is 29.9. The number of hydrogen-bond acceptors (Lipinski definition) is 9. The van der Waals surface area contributed by atoms with Crippen LogP contribution in [0.25, 0.3) is 0 Å². The van der Waals surface area contributed by atoms with E-state index in [2.05, 4.69) is 12.7 Å². The summed E-state index contributed by atoms with van der Waals surface area (Å²) in [6.45, 7) is 14.8. The second-order valence-electron chi connectivity index (χ2n) is 15.4. The number of fused-ring (bicyclic) bond motifs is 6. The molecule has 7 rings (SSSR count). The molecule has 14 atom stereocenters. The maximum absolute atomic E-state index is 14.7. The summed E-state index contributed by atoms with van der Waals surface area (Å²) >= 11 is 0. The van der Waals surface area contributed by atoms with Gasteiger partial charge in [0.05, 0.1) is 34.6 Å². The molecular weight excluding hydrogens is 564 g/mol. The average Bonchev–Trinajstić information content (AvgIpc) is 3.66. The van der Waals surface area contributed by atoms with Crippen LogP contribution in [0.4, 0.5) is 0 Å². The van der Waals surface area contributed by atoms with Gasteiger partial charge in [-0.05, 0) is 47.5 Å². The normalized spacial score (nSPS) is 53.8. The van der Waals surface area contributed by atoms with Crippen molar-refractivity contribution >= 4 is 17.9 Å². The molecule has 0 aromatic carbocycles. The molecule has 0 unspecified atom stereocenters. The Morgan fingerprint density at radius 3 is 2.48 bits per heavy atom. The third-order valence-electron chi connectivity index (χ3n) is 13.4. The number of carbonyl (C=O) groups excluding carboxylic acids is 3. The molecule has 1 spiro atoms. The molecule has 2 heterocycles. The Bertz CT molecular complexity index is 1470. The summed E-state index contributed by atoms with van der Waals surface area (Å²) in [5.41, 5.74) is -4.47. The Balaban J connectivity index is 1.45. The molecule has 2 bridgehead atoms. The molecule has 2 aliphatic heterocycles. The third-order valence-corrected chi connectivity index (χ3v) is 13.4. The van der Waals surface area contributed by atoms with Crippen LogP contribution >= 0.6 is 0 Å². The van der Waals surface area contributed by atoms with Gasteiger partial charge in [-0.1, -0.05) is 43.4 Å². The highest BCUT2D eigenvalue weighted by Gasteiger charge is 2.85. The lowest BCUT2D eigenvalue weighted by Gasteiger charge is -2.47. The van der Waals surface area contributed by atoms with Crippen LogP contribution in [-0.2, 0) is 28.6 Å². The van der Waals surface area contributed by atoms with Crippen LogP contribution in [0.3, 0.4) is 0 Å². The first-order chi connectivity index (χ1) is 20.5. The van der Waals surface area contributed by atoms with Crippen molar-refractivity contribution in [1.29, 1.82) is 0 Å². The first-order valence-electron chi connectivity index (χ1n) is 15.9. The number of hydrogen-bond donors (Lipinski definition) is 3. The molecule has 5 fully saturated rings. The van der Waals surface area contributed by atoms with Crippen LogP contribution in [-0.4, -0.2) is 68.8 Å². The van der Waals surface area contributed by atoms with Crippen LogP contribution in [0.15, 0.2) is 47.6 Å². The number of esters is 3. The zero-order valence-corrected chi connectivity index (χ0v) is 26.3. The largest absolute Gasteiger partial charge is 0.461 e. The van der Waals surface area contributed by atoms with Gasteiger partial charge in [-0.2, -0.15) is 0 Å². The molecular formula is C35H44O9. The first-order valence-corrected chi connectivity index (χ1v) is 15.9. The summed E-state index contributed by atoms with van der Waals surface area (Å²) in [5.74, 6) is -4.04. The zero-order valence-electron chi connectivity index (χ0n) is 26.3. The average molecular weight is 609 g/mol. The van der Waals surface area contributed by atoms with E-state index in [1.54, 1.807) is 33.8 Å². The van der Waals surface area contributed by atoms with Crippen LogP contribution in [0.1, 0.15) is 67.2 Å². The van der Waals surface area contributed by atoms with Gasteiger partial charge < -0.3 is 29.5 Å². The fourth-order valence-corrected chi connectivity index (χ4v) is 11.2. The molecule has 3 N–H and O–H groups in total. The smallest absolute Gasteiger partial charge is 0.334 e. The summed E-state index contributed by atoms with van der Waals surface area (Å²) < 4.78 is 18.7. The van der Waals surface area contributed by atoms with Crippen molar-refractivity contribution in [1.82, 2.24) is 0 Å². The van der Waals surface area contributed by atoms with E-state index in [1.807, 2.05) is 26.0 Å². The van der Waals surface area contributed by atoms with Crippen molar-refractivity contribution in [2.75, 3.05) is 0 Å². The molecule has 2 saturated heterocycles. The molecule has 0 amide bonds. The highest BCUT2D eigenvalue weighted by Crippen LogP contribution is 2.80. The minimum absolute atomic E-state index is 0.0415. The van der Waals surface area contributed by atoms with E-state index in [1.165, 1.54) is 0 Å². The van der Waals surface area contributed by atoms with Gasteiger partial charge in [0.1, 0.15) is 18.3 Å². The second-order valence-corrected chi connectivity index (χ2v) is 15.4. The SMILES string of the molecule is C=C1C(=O)O[C@H]2[C@H]1[C@@H](O)C[C@@](C)(O)[C@]13C=C[C@](C)([C@H]21)[C@]1(C3)C(=O)O[C@@H]2[C@H]3C(C)=CC[C@H]3[C@](C)(O)C[C@H](OC(=O)/C(C)=C\C)[C@H]21. The summed E-state index contributed by atoms with van der Waals surface area (Å²) in [5, 5.41) is 35.6. The highest BCUT2D eigenvalue weighted by molar-refractivity contribution is 5.91. The molecule has 3 saturated carbocycles. The van der Waals surface area contributed by atoms with E-state index in [0.717, 1.165) is 5.57 Å². The van der Waals surface area contributed by atoms with E-state index in [0.29, 0.717) is 12.0 Å². The lowest BCUT2D eigenvalue weighted by atomic mass is 9.54. The zero-order chi connectivity index (χ0) is 31.9. The maximum Gasteiger partial charge on any atom is 0.334 e.